The molecule has 0 bridgehead atoms. The van der Waals surface area contributed by atoms with E-state index in [0.717, 1.165) is 58.4 Å². The van der Waals surface area contributed by atoms with Crippen LogP contribution < -0.4 is 9.80 Å². The maximum atomic E-state index is 12.7. The molecule has 2 atom stereocenters. The number of piperazine rings is 1. The SMILES string of the molecule is CC(C)c1ccc(C[NH+]2CC[NH+](CN3C(=O)[C@H]4CCCC[C@@H]4C3=O)CC2)cc1. The van der Waals surface area contributed by atoms with Crippen molar-refractivity contribution in [2.45, 2.75) is 52.0 Å². The number of amides is 2. The third kappa shape index (κ3) is 4.01. The Morgan fingerprint density at radius 2 is 1.43 bits per heavy atom. The zero-order chi connectivity index (χ0) is 19.7. The topological polar surface area (TPSA) is 46.3 Å². The number of hydrogen-bond acceptors (Lipinski definition) is 2. The summed E-state index contributed by atoms with van der Waals surface area (Å²) in [6.45, 7) is 10.4. The summed E-state index contributed by atoms with van der Waals surface area (Å²) in [5.41, 5.74) is 2.80. The van der Waals surface area contributed by atoms with Crippen molar-refractivity contribution in [3.63, 3.8) is 0 Å². The summed E-state index contributed by atoms with van der Waals surface area (Å²) in [4.78, 5) is 30.0. The van der Waals surface area contributed by atoms with E-state index in [4.69, 9.17) is 0 Å². The van der Waals surface area contributed by atoms with E-state index in [1.54, 1.807) is 9.80 Å². The van der Waals surface area contributed by atoms with Gasteiger partial charge in [0, 0.05) is 5.56 Å². The summed E-state index contributed by atoms with van der Waals surface area (Å²) in [7, 11) is 0. The Kier molecular flexibility index (Phi) is 5.83. The van der Waals surface area contributed by atoms with Crippen LogP contribution in [0.4, 0.5) is 0 Å². The Morgan fingerprint density at radius 3 is 1.96 bits per heavy atom. The molecule has 2 amide bonds. The number of carbonyl (C=O) groups is 2. The normalized spacial score (nSPS) is 30.8. The summed E-state index contributed by atoms with van der Waals surface area (Å²) >= 11 is 0. The number of likely N-dealkylation sites (tertiary alicyclic amines) is 1. The first-order valence-corrected chi connectivity index (χ1v) is 11.1. The third-order valence-electron chi connectivity index (χ3n) is 7.08. The molecule has 2 saturated heterocycles. The van der Waals surface area contributed by atoms with Crippen LogP contribution in [0, 0.1) is 11.8 Å². The van der Waals surface area contributed by atoms with Gasteiger partial charge in [0.1, 0.15) is 32.7 Å². The van der Waals surface area contributed by atoms with E-state index in [-0.39, 0.29) is 23.7 Å². The van der Waals surface area contributed by atoms with E-state index in [1.165, 1.54) is 16.0 Å². The molecule has 0 unspecified atom stereocenters. The molecule has 28 heavy (non-hydrogen) atoms. The molecule has 2 heterocycles. The molecule has 1 aromatic rings. The lowest BCUT2D eigenvalue weighted by Crippen LogP contribution is -3.28. The number of nitrogens with zero attached hydrogens (tertiary/aromatic N) is 1. The van der Waals surface area contributed by atoms with E-state index < -0.39 is 0 Å². The number of benzene rings is 1. The van der Waals surface area contributed by atoms with Gasteiger partial charge in [0.2, 0.25) is 11.8 Å². The van der Waals surface area contributed by atoms with Gasteiger partial charge in [0.05, 0.1) is 11.8 Å². The lowest BCUT2D eigenvalue weighted by atomic mass is 9.81. The van der Waals surface area contributed by atoms with Gasteiger partial charge in [-0.15, -0.1) is 0 Å². The predicted octanol–water partition coefficient (Wildman–Crippen LogP) is 0.226. The Bertz CT molecular complexity index is 683. The van der Waals surface area contributed by atoms with Crippen molar-refractivity contribution in [2.75, 3.05) is 32.8 Å². The molecule has 0 radical (unpaired) electrons. The fourth-order valence-electron chi connectivity index (χ4n) is 5.21. The zero-order valence-corrected chi connectivity index (χ0v) is 17.4. The molecule has 2 N–H and O–H groups in total. The van der Waals surface area contributed by atoms with Crippen LogP contribution in [0.1, 0.15) is 56.6 Å². The van der Waals surface area contributed by atoms with Crippen LogP contribution in [0.2, 0.25) is 0 Å². The molecule has 5 heteroatoms. The maximum absolute atomic E-state index is 12.7. The van der Waals surface area contributed by atoms with Crippen molar-refractivity contribution < 1.29 is 19.4 Å². The summed E-state index contributed by atoms with van der Waals surface area (Å²) < 4.78 is 0. The van der Waals surface area contributed by atoms with E-state index in [1.807, 2.05) is 0 Å². The second-order valence-electron chi connectivity index (χ2n) is 9.33. The van der Waals surface area contributed by atoms with E-state index in [2.05, 4.69) is 38.1 Å². The van der Waals surface area contributed by atoms with Crippen molar-refractivity contribution in [3.8, 4) is 0 Å². The van der Waals surface area contributed by atoms with Gasteiger partial charge < -0.3 is 9.80 Å². The predicted molar refractivity (Wildman–Crippen MR) is 108 cm³/mol. The van der Waals surface area contributed by atoms with E-state index in [0.29, 0.717) is 12.6 Å². The molecule has 1 aromatic carbocycles. The maximum Gasteiger partial charge on any atom is 0.237 e. The van der Waals surface area contributed by atoms with Crippen molar-refractivity contribution in [1.82, 2.24) is 4.90 Å². The second-order valence-corrected chi connectivity index (χ2v) is 9.33. The molecule has 2 aliphatic heterocycles. The number of hydrogen-bond donors (Lipinski definition) is 2. The average Bonchev–Trinajstić information content (AvgIpc) is 2.95. The van der Waals surface area contributed by atoms with Gasteiger partial charge in [0.15, 0.2) is 6.67 Å². The smallest absolute Gasteiger partial charge is 0.237 e. The average molecular weight is 386 g/mol. The van der Waals surface area contributed by atoms with Gasteiger partial charge in [-0.3, -0.25) is 9.59 Å². The molecule has 152 valence electrons. The van der Waals surface area contributed by atoms with Crippen LogP contribution >= 0.6 is 0 Å². The van der Waals surface area contributed by atoms with Crippen LogP contribution in [0.5, 0.6) is 0 Å². The molecule has 3 fully saturated rings. The molecular formula is C23H35N3O2+2. The van der Waals surface area contributed by atoms with E-state index >= 15 is 0 Å². The molecule has 5 nitrogen and oxygen atoms in total. The molecule has 4 rings (SSSR count). The van der Waals surface area contributed by atoms with Crippen LogP contribution in [-0.4, -0.2) is 49.6 Å². The van der Waals surface area contributed by atoms with Crippen molar-refractivity contribution in [1.29, 1.82) is 0 Å². The van der Waals surface area contributed by atoms with Gasteiger partial charge in [-0.2, -0.15) is 0 Å². The van der Waals surface area contributed by atoms with Crippen LogP contribution in [0.3, 0.4) is 0 Å². The second kappa shape index (κ2) is 8.34. The minimum atomic E-state index is -0.0126. The summed E-state index contributed by atoms with van der Waals surface area (Å²) in [5.74, 6) is 0.778. The molecule has 0 spiro atoms. The molecule has 1 aliphatic carbocycles. The van der Waals surface area contributed by atoms with Crippen molar-refractivity contribution in [2.24, 2.45) is 11.8 Å². The summed E-state index contributed by atoms with van der Waals surface area (Å²) in [6, 6.07) is 9.05. The Labute approximate surface area is 168 Å². The lowest BCUT2D eigenvalue weighted by molar-refractivity contribution is -1.02. The number of rotatable bonds is 5. The first-order chi connectivity index (χ1) is 13.5. The Hall–Kier alpha value is -1.72. The fourth-order valence-corrected chi connectivity index (χ4v) is 5.21. The highest BCUT2D eigenvalue weighted by Gasteiger charge is 2.49. The molecule has 0 aromatic heterocycles. The molecule has 1 saturated carbocycles. The van der Waals surface area contributed by atoms with Crippen LogP contribution in [0.25, 0.3) is 0 Å². The first-order valence-electron chi connectivity index (χ1n) is 11.1. The highest BCUT2D eigenvalue weighted by atomic mass is 16.2. The molecule has 3 aliphatic rings. The largest absolute Gasteiger partial charge is 0.322 e. The van der Waals surface area contributed by atoms with Crippen molar-refractivity contribution in [3.05, 3.63) is 35.4 Å². The number of nitrogens with one attached hydrogen (secondary N) is 2. The Morgan fingerprint density at radius 1 is 0.893 bits per heavy atom. The minimum absolute atomic E-state index is 0.0126. The number of carbonyl (C=O) groups excluding carboxylic acids is 2. The highest BCUT2D eigenvalue weighted by Crippen LogP contribution is 2.37. The number of imide groups is 1. The quantitative estimate of drug-likeness (QED) is 0.713. The third-order valence-corrected chi connectivity index (χ3v) is 7.08. The Balaban J connectivity index is 1.27. The number of quaternary nitrogens is 2. The van der Waals surface area contributed by atoms with Crippen LogP contribution in [0.15, 0.2) is 24.3 Å². The fraction of sp³-hybridized carbons (Fsp3) is 0.652. The van der Waals surface area contributed by atoms with Crippen molar-refractivity contribution >= 4 is 11.8 Å². The van der Waals surface area contributed by atoms with E-state index in [9.17, 15) is 9.59 Å². The zero-order valence-electron chi connectivity index (χ0n) is 17.4. The summed E-state index contributed by atoms with van der Waals surface area (Å²) in [6.07, 6.45) is 4.02. The van der Waals surface area contributed by atoms with Gasteiger partial charge >= 0.3 is 0 Å². The monoisotopic (exact) mass is 385 g/mol. The standard InChI is InChI=1S/C23H33N3O2/c1-17(2)19-9-7-18(8-10-19)15-24-11-13-25(14-12-24)16-26-22(27)20-5-3-4-6-21(20)23(26)28/h7-10,17,20-21H,3-6,11-16H2,1-2H3/p+2/t20-,21-/m0/s1. The lowest BCUT2D eigenvalue weighted by Gasteiger charge is -2.31. The van der Waals surface area contributed by atoms with Gasteiger partial charge in [0.25, 0.3) is 0 Å². The van der Waals surface area contributed by atoms with Gasteiger partial charge in [-0.05, 0) is 24.3 Å². The first kappa shape index (κ1) is 19.6. The van der Waals surface area contributed by atoms with Gasteiger partial charge in [-0.25, -0.2) is 4.90 Å². The van der Waals surface area contributed by atoms with Gasteiger partial charge in [-0.1, -0.05) is 51.0 Å². The number of fused-ring (bicyclic) bond motifs is 1. The molecular weight excluding hydrogens is 350 g/mol. The summed E-state index contributed by atoms with van der Waals surface area (Å²) in [5, 5.41) is 0. The van der Waals surface area contributed by atoms with Crippen LogP contribution in [-0.2, 0) is 16.1 Å². The highest BCUT2D eigenvalue weighted by molar-refractivity contribution is 6.05. The minimum Gasteiger partial charge on any atom is -0.322 e.